The molecule has 0 saturated heterocycles. The van der Waals surface area contributed by atoms with Crippen molar-refractivity contribution in [3.63, 3.8) is 0 Å². The first-order valence-corrected chi connectivity index (χ1v) is 14.4. The van der Waals surface area contributed by atoms with Gasteiger partial charge in [-0.3, -0.25) is 14.9 Å². The summed E-state index contributed by atoms with van der Waals surface area (Å²) in [5.41, 5.74) is 5.32. The number of amides is 1. The number of nitrogens with one attached hydrogen (secondary N) is 1. The highest BCUT2D eigenvalue weighted by molar-refractivity contribution is 7.80. The standard InChI is InChI=1S/C34H33N3O6S/c1-20-9-7-8-10-24(20)32(44)43-23-13-14-26(30(18-23)41-6)25-15-16-28-31(36(5)33(38)34(3,4)35-28)27(25)19-42-29-17-22(37(39)40)12-11-21(29)2/h7-18,35H,19H2,1-6H3. The highest BCUT2D eigenvalue weighted by Gasteiger charge is 2.38. The van der Waals surface area contributed by atoms with Gasteiger partial charge in [-0.15, -0.1) is 0 Å². The number of thiocarbonyl (C=S) groups is 1. The Labute approximate surface area is 261 Å². The maximum Gasteiger partial charge on any atom is 0.273 e. The Morgan fingerprint density at radius 3 is 2.41 bits per heavy atom. The molecule has 10 heteroatoms. The third-order valence-corrected chi connectivity index (χ3v) is 8.00. The molecule has 1 amide bonds. The number of non-ortho nitro benzene ring substituents is 1. The van der Waals surface area contributed by atoms with E-state index < -0.39 is 10.5 Å². The normalized spacial score (nSPS) is 13.5. The van der Waals surface area contributed by atoms with E-state index in [0.717, 1.165) is 33.5 Å². The van der Waals surface area contributed by atoms with Gasteiger partial charge in [0, 0.05) is 35.9 Å². The van der Waals surface area contributed by atoms with Crippen LogP contribution in [-0.4, -0.2) is 35.6 Å². The molecule has 226 valence electrons. The minimum absolute atomic E-state index is 0.0268. The first-order chi connectivity index (χ1) is 20.9. The van der Waals surface area contributed by atoms with E-state index in [9.17, 15) is 14.9 Å². The number of likely N-dealkylation sites (N-methyl/N-ethyl adjacent to an activating group) is 1. The van der Waals surface area contributed by atoms with E-state index in [1.165, 1.54) is 12.1 Å². The summed E-state index contributed by atoms with van der Waals surface area (Å²) in [7, 11) is 3.30. The summed E-state index contributed by atoms with van der Waals surface area (Å²) in [6, 6.07) is 21.6. The molecule has 9 nitrogen and oxygen atoms in total. The van der Waals surface area contributed by atoms with Gasteiger partial charge in [-0.1, -0.05) is 30.3 Å². The topological polar surface area (TPSA) is 103 Å². The molecule has 0 aliphatic carbocycles. The third kappa shape index (κ3) is 5.80. The van der Waals surface area contributed by atoms with Gasteiger partial charge in [0.1, 0.15) is 29.4 Å². The number of ether oxygens (including phenoxy) is 3. The number of carbonyl (C=O) groups is 1. The minimum Gasteiger partial charge on any atom is -0.496 e. The number of carbonyl (C=O) groups excluding carboxylic acids is 1. The van der Waals surface area contributed by atoms with Gasteiger partial charge in [-0.2, -0.15) is 0 Å². The van der Waals surface area contributed by atoms with E-state index in [1.807, 2.05) is 76.2 Å². The summed E-state index contributed by atoms with van der Waals surface area (Å²) in [5.74, 6) is 1.30. The van der Waals surface area contributed by atoms with Gasteiger partial charge in [0.15, 0.2) is 5.05 Å². The van der Waals surface area contributed by atoms with Gasteiger partial charge >= 0.3 is 0 Å². The van der Waals surface area contributed by atoms with Crippen molar-refractivity contribution < 1.29 is 23.9 Å². The van der Waals surface area contributed by atoms with Crippen molar-refractivity contribution in [3.05, 3.63) is 105 Å². The van der Waals surface area contributed by atoms with Gasteiger partial charge in [0.2, 0.25) is 0 Å². The average Bonchev–Trinajstić information content (AvgIpc) is 2.99. The predicted octanol–water partition coefficient (Wildman–Crippen LogP) is 7.39. The fraction of sp³-hybridized carbons (Fsp3) is 0.235. The Morgan fingerprint density at radius 2 is 1.70 bits per heavy atom. The molecular weight excluding hydrogens is 578 g/mol. The highest BCUT2D eigenvalue weighted by Crippen LogP contribution is 2.45. The van der Waals surface area contributed by atoms with E-state index in [4.69, 9.17) is 26.4 Å². The molecule has 0 radical (unpaired) electrons. The number of nitro benzene ring substituents is 1. The molecule has 1 N–H and O–H groups in total. The lowest BCUT2D eigenvalue weighted by molar-refractivity contribution is -0.385. The van der Waals surface area contributed by atoms with Gasteiger partial charge in [-0.05, 0) is 80.9 Å². The number of benzene rings is 4. The first-order valence-electron chi connectivity index (χ1n) is 14.0. The molecular formula is C34H33N3O6S. The van der Waals surface area contributed by atoms with Crippen LogP contribution in [0.5, 0.6) is 17.2 Å². The smallest absolute Gasteiger partial charge is 0.273 e. The van der Waals surface area contributed by atoms with Crippen molar-refractivity contribution in [2.45, 2.75) is 39.8 Å². The van der Waals surface area contributed by atoms with E-state index in [1.54, 1.807) is 31.2 Å². The van der Waals surface area contributed by atoms with Gasteiger partial charge < -0.3 is 24.4 Å². The van der Waals surface area contributed by atoms with Gasteiger partial charge in [-0.25, -0.2) is 0 Å². The number of aryl methyl sites for hydroxylation is 2. The molecule has 0 atom stereocenters. The molecule has 4 aromatic carbocycles. The zero-order chi connectivity index (χ0) is 31.8. The van der Waals surface area contributed by atoms with E-state index >= 15 is 0 Å². The van der Waals surface area contributed by atoms with E-state index in [2.05, 4.69) is 5.32 Å². The van der Waals surface area contributed by atoms with Crippen molar-refractivity contribution in [2.24, 2.45) is 0 Å². The van der Waals surface area contributed by atoms with Crippen LogP contribution in [0.25, 0.3) is 11.1 Å². The molecule has 0 fully saturated rings. The molecule has 1 aliphatic rings. The summed E-state index contributed by atoms with van der Waals surface area (Å²) >= 11 is 5.58. The molecule has 0 saturated carbocycles. The second kappa shape index (κ2) is 12.0. The summed E-state index contributed by atoms with van der Waals surface area (Å²) in [5, 5.41) is 15.1. The SMILES string of the molecule is COc1cc(OC(=S)c2ccccc2C)ccc1-c1ccc2c(c1COc1cc([N+](=O)[O-])ccc1C)N(C)C(=O)C(C)(C)N2. The summed E-state index contributed by atoms with van der Waals surface area (Å²) < 4.78 is 18.1. The number of fused-ring (bicyclic) bond motifs is 1. The number of anilines is 2. The molecule has 0 bridgehead atoms. The second-order valence-electron chi connectivity index (χ2n) is 11.2. The molecule has 5 rings (SSSR count). The number of nitrogens with zero attached hydrogens (tertiary/aromatic N) is 2. The van der Waals surface area contributed by atoms with Crippen LogP contribution in [-0.2, 0) is 11.4 Å². The molecule has 0 unspecified atom stereocenters. The Hall–Kier alpha value is -4.96. The van der Waals surface area contributed by atoms with E-state index in [0.29, 0.717) is 33.6 Å². The Balaban J connectivity index is 1.58. The Kier molecular flexibility index (Phi) is 8.29. The quantitative estimate of drug-likeness (QED) is 0.125. The van der Waals surface area contributed by atoms with Crippen LogP contribution in [0.3, 0.4) is 0 Å². The molecule has 1 aliphatic heterocycles. The zero-order valence-corrected chi connectivity index (χ0v) is 26.2. The number of nitro groups is 1. The fourth-order valence-corrected chi connectivity index (χ4v) is 5.68. The summed E-state index contributed by atoms with van der Waals surface area (Å²) in [6.45, 7) is 7.48. The third-order valence-electron chi connectivity index (χ3n) is 7.70. The maximum atomic E-state index is 13.4. The Morgan fingerprint density at radius 1 is 0.977 bits per heavy atom. The van der Waals surface area contributed by atoms with Crippen LogP contribution in [0.1, 0.15) is 36.1 Å². The highest BCUT2D eigenvalue weighted by atomic mass is 32.1. The number of hydrogen-bond donors (Lipinski definition) is 1. The lowest BCUT2D eigenvalue weighted by Crippen LogP contribution is -2.52. The molecule has 4 aromatic rings. The van der Waals surface area contributed by atoms with E-state index in [-0.39, 0.29) is 18.2 Å². The molecule has 44 heavy (non-hydrogen) atoms. The first kappa shape index (κ1) is 30.5. The van der Waals surface area contributed by atoms with Crippen molar-refractivity contribution in [2.75, 3.05) is 24.4 Å². The van der Waals surface area contributed by atoms with Crippen LogP contribution >= 0.6 is 12.2 Å². The monoisotopic (exact) mass is 611 g/mol. The largest absolute Gasteiger partial charge is 0.496 e. The lowest BCUT2D eigenvalue weighted by atomic mass is 9.91. The number of methoxy groups -OCH3 is 1. The second-order valence-corrected chi connectivity index (χ2v) is 11.5. The summed E-state index contributed by atoms with van der Waals surface area (Å²) in [6.07, 6.45) is 0. The average molecular weight is 612 g/mol. The number of hydrogen-bond acceptors (Lipinski definition) is 8. The maximum absolute atomic E-state index is 13.4. The van der Waals surface area contributed by atoms with Crippen molar-refractivity contribution in [3.8, 4) is 28.4 Å². The van der Waals surface area contributed by atoms with Gasteiger partial charge in [0.05, 0.1) is 29.5 Å². The van der Waals surface area contributed by atoms with Crippen LogP contribution in [0.4, 0.5) is 17.1 Å². The minimum atomic E-state index is -0.815. The van der Waals surface area contributed by atoms with Crippen LogP contribution < -0.4 is 24.4 Å². The molecule has 0 spiro atoms. The number of rotatable bonds is 8. The van der Waals surface area contributed by atoms with Crippen LogP contribution in [0.15, 0.2) is 72.8 Å². The van der Waals surface area contributed by atoms with Crippen molar-refractivity contribution in [1.29, 1.82) is 0 Å². The fourth-order valence-electron chi connectivity index (χ4n) is 5.36. The van der Waals surface area contributed by atoms with Crippen LogP contribution in [0, 0.1) is 24.0 Å². The predicted molar refractivity (Wildman–Crippen MR) is 175 cm³/mol. The van der Waals surface area contributed by atoms with Crippen molar-refractivity contribution >= 4 is 40.2 Å². The summed E-state index contributed by atoms with van der Waals surface area (Å²) in [4.78, 5) is 26.0. The lowest BCUT2D eigenvalue weighted by Gasteiger charge is -2.39. The zero-order valence-electron chi connectivity index (χ0n) is 25.4. The van der Waals surface area contributed by atoms with Crippen molar-refractivity contribution in [1.82, 2.24) is 0 Å². The van der Waals surface area contributed by atoms with Crippen LogP contribution in [0.2, 0.25) is 0 Å². The molecule has 0 aromatic heterocycles. The Bertz CT molecular complexity index is 1800. The molecule has 1 heterocycles. The van der Waals surface area contributed by atoms with Gasteiger partial charge in [0.25, 0.3) is 11.6 Å².